The van der Waals surface area contributed by atoms with Gasteiger partial charge in [0, 0.05) is 19.1 Å². The molecule has 27 heavy (non-hydrogen) atoms. The molecule has 1 saturated carbocycles. The number of nitrogens with zero attached hydrogens (tertiary/aromatic N) is 4. The number of aromatic nitrogens is 4. The van der Waals surface area contributed by atoms with Crippen molar-refractivity contribution in [2.45, 2.75) is 39.5 Å². The van der Waals surface area contributed by atoms with Gasteiger partial charge in [-0.15, -0.1) is 0 Å². The molecule has 1 aliphatic carbocycles. The number of amides is 1. The minimum atomic E-state index is -0.445. The summed E-state index contributed by atoms with van der Waals surface area (Å²) in [5.41, 5.74) is 12.0. The Morgan fingerprint density at radius 2 is 2.11 bits per heavy atom. The Bertz CT molecular complexity index is 861. The maximum Gasteiger partial charge on any atom is 0.314 e. The van der Waals surface area contributed by atoms with E-state index in [0.29, 0.717) is 42.7 Å². The molecular weight excluding hydrogens is 350 g/mol. The van der Waals surface area contributed by atoms with Crippen molar-refractivity contribution in [3.8, 4) is 11.8 Å². The number of carbonyl (C=O) groups excluding carboxylic acids is 1. The van der Waals surface area contributed by atoms with E-state index in [-0.39, 0.29) is 5.95 Å². The van der Waals surface area contributed by atoms with Gasteiger partial charge in [-0.3, -0.25) is 15.6 Å². The Morgan fingerprint density at radius 1 is 1.37 bits per heavy atom. The van der Waals surface area contributed by atoms with Crippen molar-refractivity contribution in [3.63, 3.8) is 0 Å². The summed E-state index contributed by atoms with van der Waals surface area (Å²) in [7, 11) is 0. The SMILES string of the molecule is CCOC(Cn1cnc2c(NNC(=O)C#CC3CC3)nc(N)nc21)OCC. The summed E-state index contributed by atoms with van der Waals surface area (Å²) in [6.07, 6.45) is 3.28. The number of imidazole rings is 1. The molecule has 0 unspecified atom stereocenters. The second-order valence-electron chi connectivity index (χ2n) is 5.96. The number of carbonyl (C=O) groups is 1. The van der Waals surface area contributed by atoms with Crippen molar-refractivity contribution in [1.82, 2.24) is 24.9 Å². The lowest BCUT2D eigenvalue weighted by atomic mass is 10.4. The van der Waals surface area contributed by atoms with Gasteiger partial charge in [0.15, 0.2) is 23.3 Å². The van der Waals surface area contributed by atoms with E-state index in [1.807, 2.05) is 13.8 Å². The molecule has 2 heterocycles. The smallest absolute Gasteiger partial charge is 0.314 e. The van der Waals surface area contributed by atoms with Crippen LogP contribution < -0.4 is 16.6 Å². The molecule has 0 spiro atoms. The monoisotopic (exact) mass is 373 g/mol. The predicted molar refractivity (Wildman–Crippen MR) is 99.0 cm³/mol. The molecule has 0 aliphatic heterocycles. The van der Waals surface area contributed by atoms with Gasteiger partial charge in [-0.1, -0.05) is 5.92 Å². The molecule has 0 bridgehead atoms. The van der Waals surface area contributed by atoms with E-state index >= 15 is 0 Å². The average Bonchev–Trinajstić information content (AvgIpc) is 3.39. The zero-order valence-electron chi connectivity index (χ0n) is 15.4. The number of nitrogens with one attached hydrogen (secondary N) is 2. The highest BCUT2D eigenvalue weighted by Crippen LogP contribution is 2.27. The van der Waals surface area contributed by atoms with Crippen LogP contribution in [-0.2, 0) is 20.8 Å². The first-order valence-corrected chi connectivity index (χ1v) is 8.89. The summed E-state index contributed by atoms with van der Waals surface area (Å²) < 4.78 is 12.9. The van der Waals surface area contributed by atoms with Gasteiger partial charge in [0.05, 0.1) is 12.9 Å². The van der Waals surface area contributed by atoms with Crippen LogP contribution in [0.15, 0.2) is 6.33 Å². The fourth-order valence-electron chi connectivity index (χ4n) is 2.41. The van der Waals surface area contributed by atoms with Crippen LogP contribution >= 0.6 is 0 Å². The van der Waals surface area contributed by atoms with E-state index in [1.165, 1.54) is 0 Å². The normalized spacial score (nSPS) is 13.4. The topological polar surface area (TPSA) is 129 Å². The Labute approximate surface area is 156 Å². The van der Waals surface area contributed by atoms with E-state index in [2.05, 4.69) is 37.6 Å². The first kappa shape index (κ1) is 18.9. The molecule has 1 aliphatic rings. The molecule has 3 rings (SSSR count). The molecule has 1 amide bonds. The zero-order chi connectivity index (χ0) is 19.2. The van der Waals surface area contributed by atoms with Gasteiger partial charge in [-0.25, -0.2) is 4.98 Å². The number of hydrogen-bond donors (Lipinski definition) is 3. The third-order valence-corrected chi connectivity index (χ3v) is 3.79. The highest BCUT2D eigenvalue weighted by atomic mass is 16.7. The van der Waals surface area contributed by atoms with Crippen LogP contribution in [0.1, 0.15) is 26.7 Å². The summed E-state index contributed by atoms with van der Waals surface area (Å²) in [6.45, 7) is 5.24. The second kappa shape index (κ2) is 8.66. The third kappa shape index (κ3) is 5.06. The standard InChI is InChI=1S/C17H23N7O3/c1-3-26-13(27-4-2)9-24-10-19-14-15(20-17(18)21-16(14)24)23-22-12(25)8-7-11-5-6-11/h10-11,13H,3-6,9H2,1-2H3,(H,22,25)(H3,18,20,21,23). The lowest BCUT2D eigenvalue weighted by molar-refractivity contribution is -0.143. The van der Waals surface area contributed by atoms with Gasteiger partial charge in [0.1, 0.15) is 0 Å². The van der Waals surface area contributed by atoms with Crippen molar-refractivity contribution in [2.24, 2.45) is 5.92 Å². The van der Waals surface area contributed by atoms with Crippen LogP contribution in [-0.4, -0.2) is 44.9 Å². The molecule has 0 saturated heterocycles. The largest absolute Gasteiger partial charge is 0.368 e. The average molecular weight is 373 g/mol. The Hall–Kier alpha value is -2.90. The molecular formula is C17H23N7O3. The summed E-state index contributed by atoms with van der Waals surface area (Å²) in [4.78, 5) is 24.4. The first-order chi connectivity index (χ1) is 13.1. The molecule has 2 aromatic rings. The van der Waals surface area contributed by atoms with Crippen LogP contribution in [0.2, 0.25) is 0 Å². The fraction of sp³-hybridized carbons (Fsp3) is 0.529. The number of hydrazine groups is 1. The molecule has 1 fully saturated rings. The molecule has 10 heteroatoms. The van der Waals surface area contributed by atoms with E-state index in [0.717, 1.165) is 12.8 Å². The number of nitrogens with two attached hydrogens (primary N) is 1. The predicted octanol–water partition coefficient (Wildman–Crippen LogP) is 0.664. The van der Waals surface area contributed by atoms with E-state index < -0.39 is 12.2 Å². The molecule has 2 aromatic heterocycles. The number of anilines is 2. The molecule has 0 aromatic carbocycles. The summed E-state index contributed by atoms with van der Waals surface area (Å²) in [5, 5.41) is 0. The quantitative estimate of drug-likeness (QED) is 0.350. The van der Waals surface area contributed by atoms with Crippen LogP contribution in [0.3, 0.4) is 0 Å². The molecule has 10 nitrogen and oxygen atoms in total. The van der Waals surface area contributed by atoms with Gasteiger partial charge in [0.25, 0.3) is 0 Å². The summed E-state index contributed by atoms with van der Waals surface area (Å²) >= 11 is 0. The van der Waals surface area contributed by atoms with Crippen LogP contribution in [0, 0.1) is 17.8 Å². The van der Waals surface area contributed by atoms with Gasteiger partial charge in [-0.05, 0) is 32.6 Å². The van der Waals surface area contributed by atoms with Gasteiger partial charge in [-0.2, -0.15) is 9.97 Å². The summed E-state index contributed by atoms with van der Waals surface area (Å²) in [5.74, 6) is 5.67. The number of nitrogen functional groups attached to an aromatic ring is 1. The van der Waals surface area contributed by atoms with Crippen molar-refractivity contribution in [1.29, 1.82) is 0 Å². The van der Waals surface area contributed by atoms with Crippen LogP contribution in [0.5, 0.6) is 0 Å². The highest BCUT2D eigenvalue weighted by Gasteiger charge is 2.18. The number of hydrogen-bond acceptors (Lipinski definition) is 8. The lowest BCUT2D eigenvalue weighted by Gasteiger charge is -2.17. The first-order valence-electron chi connectivity index (χ1n) is 8.89. The summed E-state index contributed by atoms with van der Waals surface area (Å²) in [6, 6.07) is 0. The maximum atomic E-state index is 11.8. The van der Waals surface area contributed by atoms with Crippen LogP contribution in [0.4, 0.5) is 11.8 Å². The molecule has 0 atom stereocenters. The number of fused-ring (bicyclic) bond motifs is 1. The van der Waals surface area contributed by atoms with Crippen LogP contribution in [0.25, 0.3) is 11.2 Å². The Morgan fingerprint density at radius 3 is 2.78 bits per heavy atom. The van der Waals surface area contributed by atoms with Gasteiger partial charge < -0.3 is 19.8 Å². The Kier molecular flexibility index (Phi) is 6.05. The number of rotatable bonds is 8. The minimum absolute atomic E-state index is 0.0504. The third-order valence-electron chi connectivity index (χ3n) is 3.79. The maximum absolute atomic E-state index is 11.8. The molecule has 0 radical (unpaired) electrons. The minimum Gasteiger partial charge on any atom is -0.368 e. The van der Waals surface area contributed by atoms with Crippen molar-refractivity contribution in [3.05, 3.63) is 6.33 Å². The van der Waals surface area contributed by atoms with Crippen molar-refractivity contribution < 1.29 is 14.3 Å². The van der Waals surface area contributed by atoms with Gasteiger partial charge >= 0.3 is 5.91 Å². The van der Waals surface area contributed by atoms with E-state index in [1.54, 1.807) is 10.9 Å². The van der Waals surface area contributed by atoms with Crippen molar-refractivity contribution in [2.75, 3.05) is 24.4 Å². The second-order valence-corrected chi connectivity index (χ2v) is 5.96. The Balaban J connectivity index is 1.75. The highest BCUT2D eigenvalue weighted by molar-refractivity contribution is 5.95. The van der Waals surface area contributed by atoms with E-state index in [9.17, 15) is 4.79 Å². The molecule has 144 valence electrons. The molecule has 4 N–H and O–H groups in total. The zero-order valence-corrected chi connectivity index (χ0v) is 15.4. The lowest BCUT2D eigenvalue weighted by Crippen LogP contribution is -2.29. The fourth-order valence-corrected chi connectivity index (χ4v) is 2.41. The number of ether oxygens (including phenoxy) is 2. The van der Waals surface area contributed by atoms with E-state index in [4.69, 9.17) is 15.2 Å². The van der Waals surface area contributed by atoms with Crippen molar-refractivity contribution >= 4 is 28.8 Å². The van der Waals surface area contributed by atoms with Gasteiger partial charge in [0.2, 0.25) is 5.95 Å².